The molecule has 1 rings (SSSR count). The highest BCUT2D eigenvalue weighted by Gasteiger charge is 2.16. The van der Waals surface area contributed by atoms with Crippen molar-refractivity contribution in [2.75, 3.05) is 19.5 Å². The Kier molecular flexibility index (Phi) is 4.47. The number of nitrogens with one attached hydrogen (secondary N) is 2. The molecule has 1 aromatic rings. The normalized spacial score (nSPS) is 11.5. The molecule has 2 N–H and O–H groups in total. The monoisotopic (exact) mass is 253 g/mol. The van der Waals surface area contributed by atoms with E-state index in [1.807, 2.05) is 0 Å². The van der Waals surface area contributed by atoms with Crippen molar-refractivity contribution >= 4 is 17.3 Å². The van der Waals surface area contributed by atoms with Gasteiger partial charge < -0.3 is 15.4 Å². The van der Waals surface area contributed by atoms with Crippen molar-refractivity contribution in [3.8, 4) is 5.75 Å². The van der Waals surface area contributed by atoms with Crippen molar-refractivity contribution in [3.63, 3.8) is 0 Å². The Morgan fingerprint density at radius 2 is 2.17 bits per heavy atom. The van der Waals surface area contributed by atoms with Crippen LogP contribution in [0.5, 0.6) is 5.75 Å². The molecule has 1 aromatic carbocycles. The highest BCUT2D eigenvalue weighted by atomic mass is 16.6. The molecule has 18 heavy (non-hydrogen) atoms. The zero-order chi connectivity index (χ0) is 13.7. The predicted molar refractivity (Wildman–Crippen MR) is 66.8 cm³/mol. The Labute approximate surface area is 104 Å². The van der Waals surface area contributed by atoms with Gasteiger partial charge in [0.15, 0.2) is 5.75 Å². The summed E-state index contributed by atoms with van der Waals surface area (Å²) in [6, 6.07) is 3.90. The second-order valence-electron chi connectivity index (χ2n) is 3.62. The molecule has 7 nitrogen and oxygen atoms in total. The van der Waals surface area contributed by atoms with Crippen LogP contribution in [-0.4, -0.2) is 31.0 Å². The Morgan fingerprint density at radius 1 is 1.50 bits per heavy atom. The minimum Gasteiger partial charge on any atom is -0.490 e. The van der Waals surface area contributed by atoms with Gasteiger partial charge in [0.05, 0.1) is 12.0 Å². The lowest BCUT2D eigenvalue weighted by Gasteiger charge is -2.14. The summed E-state index contributed by atoms with van der Waals surface area (Å²) in [5.74, 6) is -0.0265. The molecule has 98 valence electrons. The smallest absolute Gasteiger partial charge is 0.311 e. The maximum Gasteiger partial charge on any atom is 0.311 e. The van der Waals surface area contributed by atoms with Gasteiger partial charge in [0.1, 0.15) is 6.04 Å². The van der Waals surface area contributed by atoms with E-state index in [0.29, 0.717) is 5.69 Å². The number of hydrogen-bond acceptors (Lipinski definition) is 5. The number of methoxy groups -OCH3 is 1. The van der Waals surface area contributed by atoms with E-state index in [1.54, 1.807) is 6.92 Å². The van der Waals surface area contributed by atoms with Gasteiger partial charge in [-0.25, -0.2) is 0 Å². The number of ether oxygens (including phenoxy) is 1. The predicted octanol–water partition coefficient (Wildman–Crippen LogP) is 1.15. The first-order valence-corrected chi connectivity index (χ1v) is 5.30. The van der Waals surface area contributed by atoms with Gasteiger partial charge in [0.25, 0.3) is 0 Å². The summed E-state index contributed by atoms with van der Waals surface area (Å²) in [7, 11) is 2.89. The van der Waals surface area contributed by atoms with Crippen LogP contribution in [0.2, 0.25) is 0 Å². The maximum atomic E-state index is 11.3. The summed E-state index contributed by atoms with van der Waals surface area (Å²) in [5, 5.41) is 16.1. The van der Waals surface area contributed by atoms with Crippen LogP contribution in [0.15, 0.2) is 18.2 Å². The average Bonchev–Trinajstić information content (AvgIpc) is 2.37. The number of amides is 1. The zero-order valence-electron chi connectivity index (χ0n) is 10.4. The summed E-state index contributed by atoms with van der Waals surface area (Å²) in [4.78, 5) is 21.5. The molecule has 0 fully saturated rings. The van der Waals surface area contributed by atoms with Crippen LogP contribution in [0.25, 0.3) is 0 Å². The van der Waals surface area contributed by atoms with Crippen molar-refractivity contribution in [1.29, 1.82) is 0 Å². The molecule has 0 aliphatic heterocycles. The molecule has 1 unspecified atom stereocenters. The van der Waals surface area contributed by atoms with E-state index in [4.69, 9.17) is 4.74 Å². The highest BCUT2D eigenvalue weighted by molar-refractivity contribution is 5.84. The van der Waals surface area contributed by atoms with E-state index >= 15 is 0 Å². The molecule has 0 aromatic heterocycles. The summed E-state index contributed by atoms with van der Waals surface area (Å²) in [6.07, 6.45) is 0. The Morgan fingerprint density at radius 3 is 2.67 bits per heavy atom. The lowest BCUT2D eigenvalue weighted by Crippen LogP contribution is -2.35. The molecule has 7 heteroatoms. The van der Waals surface area contributed by atoms with Gasteiger partial charge in [-0.2, -0.15) is 0 Å². The average molecular weight is 253 g/mol. The number of likely N-dealkylation sites (N-methyl/N-ethyl adjacent to an activating group) is 1. The van der Waals surface area contributed by atoms with Gasteiger partial charge in [-0.3, -0.25) is 14.9 Å². The van der Waals surface area contributed by atoms with Crippen LogP contribution in [0.4, 0.5) is 11.4 Å². The highest BCUT2D eigenvalue weighted by Crippen LogP contribution is 2.29. The standard InChI is InChI=1S/C11H15N3O4/c1-7(11(15)12-2)13-8-4-5-9(14(16)17)10(6-8)18-3/h4-7,13H,1-3H3,(H,12,15). The van der Waals surface area contributed by atoms with Gasteiger partial charge in [0.2, 0.25) is 5.91 Å². The summed E-state index contributed by atoms with van der Waals surface area (Å²) in [5.41, 5.74) is 0.462. The number of carbonyl (C=O) groups excluding carboxylic acids is 1. The maximum absolute atomic E-state index is 11.3. The first-order chi connectivity index (χ1) is 8.49. The Balaban J connectivity index is 2.92. The molecule has 0 heterocycles. The van der Waals surface area contributed by atoms with E-state index in [0.717, 1.165) is 0 Å². The second kappa shape index (κ2) is 5.85. The number of rotatable bonds is 5. The number of anilines is 1. The second-order valence-corrected chi connectivity index (χ2v) is 3.62. The number of carbonyl (C=O) groups is 1. The van der Waals surface area contributed by atoms with Gasteiger partial charge in [-0.1, -0.05) is 0 Å². The van der Waals surface area contributed by atoms with Gasteiger partial charge in [-0.15, -0.1) is 0 Å². The molecule has 0 saturated heterocycles. The molecule has 0 bridgehead atoms. The van der Waals surface area contributed by atoms with Crippen LogP contribution < -0.4 is 15.4 Å². The van der Waals surface area contributed by atoms with Crippen molar-refractivity contribution in [2.45, 2.75) is 13.0 Å². The molecular formula is C11H15N3O4. The number of nitro groups is 1. The minimum absolute atomic E-state index is 0.115. The first kappa shape index (κ1) is 13.8. The largest absolute Gasteiger partial charge is 0.490 e. The third-order valence-electron chi connectivity index (χ3n) is 2.40. The lowest BCUT2D eigenvalue weighted by molar-refractivity contribution is -0.385. The van der Waals surface area contributed by atoms with Crippen molar-refractivity contribution in [2.24, 2.45) is 0 Å². The molecule has 1 atom stereocenters. The molecule has 0 aliphatic rings. The van der Waals surface area contributed by atoms with Crippen molar-refractivity contribution in [1.82, 2.24) is 5.32 Å². The Bertz CT molecular complexity index is 462. The van der Waals surface area contributed by atoms with Crippen molar-refractivity contribution < 1.29 is 14.5 Å². The summed E-state index contributed by atoms with van der Waals surface area (Å²) >= 11 is 0. The van der Waals surface area contributed by atoms with E-state index in [9.17, 15) is 14.9 Å². The van der Waals surface area contributed by atoms with Crippen LogP contribution in [0, 0.1) is 10.1 Å². The van der Waals surface area contributed by atoms with Crippen molar-refractivity contribution in [3.05, 3.63) is 28.3 Å². The quantitative estimate of drug-likeness (QED) is 0.606. The number of benzene rings is 1. The molecule has 0 aliphatic carbocycles. The number of hydrogen-bond donors (Lipinski definition) is 2. The Hall–Kier alpha value is -2.31. The lowest BCUT2D eigenvalue weighted by atomic mass is 10.2. The summed E-state index contributed by atoms with van der Waals surface area (Å²) in [6.45, 7) is 1.69. The summed E-state index contributed by atoms with van der Waals surface area (Å²) < 4.78 is 4.93. The van der Waals surface area contributed by atoms with Crippen LogP contribution >= 0.6 is 0 Å². The van der Waals surface area contributed by atoms with E-state index < -0.39 is 11.0 Å². The fourth-order valence-electron chi connectivity index (χ4n) is 1.45. The fourth-order valence-corrected chi connectivity index (χ4v) is 1.45. The van der Waals surface area contributed by atoms with Gasteiger partial charge in [-0.05, 0) is 13.0 Å². The van der Waals surface area contributed by atoms with Gasteiger partial charge >= 0.3 is 5.69 Å². The van der Waals surface area contributed by atoms with E-state index in [2.05, 4.69) is 10.6 Å². The van der Waals surface area contributed by atoms with Crippen LogP contribution in [0.1, 0.15) is 6.92 Å². The van der Waals surface area contributed by atoms with Crippen LogP contribution in [-0.2, 0) is 4.79 Å². The van der Waals surface area contributed by atoms with E-state index in [-0.39, 0.29) is 17.3 Å². The number of nitro benzene ring substituents is 1. The molecule has 0 radical (unpaired) electrons. The van der Waals surface area contributed by atoms with E-state index in [1.165, 1.54) is 32.4 Å². The topological polar surface area (TPSA) is 93.5 Å². The van der Waals surface area contributed by atoms with Crippen LogP contribution in [0.3, 0.4) is 0 Å². The molecule has 0 spiro atoms. The minimum atomic E-state index is -0.523. The van der Waals surface area contributed by atoms with Gasteiger partial charge in [0, 0.05) is 24.9 Å². The molecular weight excluding hydrogens is 238 g/mol. The first-order valence-electron chi connectivity index (χ1n) is 5.30. The fraction of sp³-hybridized carbons (Fsp3) is 0.364. The molecule has 0 saturated carbocycles. The molecule has 1 amide bonds. The third-order valence-corrected chi connectivity index (χ3v) is 2.40. The zero-order valence-corrected chi connectivity index (χ0v) is 10.4. The number of nitrogens with zero attached hydrogens (tertiary/aromatic N) is 1. The SMILES string of the molecule is CNC(=O)C(C)Nc1ccc([N+](=O)[O-])c(OC)c1. The third kappa shape index (κ3) is 3.09.